The molecule has 1 aliphatic heterocycles. The van der Waals surface area contributed by atoms with Crippen molar-refractivity contribution in [2.24, 2.45) is 0 Å². The molecule has 1 aliphatic rings. The maximum Gasteiger partial charge on any atom is 0.349 e. The fourth-order valence-electron chi connectivity index (χ4n) is 2.64. The average molecular weight is 391 g/mol. The van der Waals surface area contributed by atoms with Crippen LogP contribution in [0.15, 0.2) is 36.4 Å². The first-order valence-electron chi connectivity index (χ1n) is 8.39. The SMILES string of the molecule is COc1cc(C2SCCS2)ccc1OC(=O)COc1cccc(C)c1C. The minimum absolute atomic E-state index is 0.149. The number of thioether (sulfide) groups is 2. The van der Waals surface area contributed by atoms with Crippen LogP contribution in [-0.2, 0) is 4.79 Å². The molecular formula is C20H22O4S2. The molecule has 0 aliphatic carbocycles. The Labute approximate surface area is 162 Å². The molecule has 2 aromatic rings. The molecule has 138 valence electrons. The van der Waals surface area contributed by atoms with Crippen LogP contribution in [0.5, 0.6) is 17.2 Å². The zero-order chi connectivity index (χ0) is 18.5. The van der Waals surface area contributed by atoms with E-state index in [2.05, 4.69) is 0 Å². The highest BCUT2D eigenvalue weighted by Crippen LogP contribution is 2.46. The third-order valence-corrected chi connectivity index (χ3v) is 7.31. The van der Waals surface area contributed by atoms with Crippen molar-refractivity contribution in [1.82, 2.24) is 0 Å². The predicted molar refractivity (Wildman–Crippen MR) is 108 cm³/mol. The Morgan fingerprint density at radius 2 is 1.85 bits per heavy atom. The molecule has 0 atom stereocenters. The van der Waals surface area contributed by atoms with Crippen molar-refractivity contribution in [3.8, 4) is 17.2 Å². The zero-order valence-corrected chi connectivity index (χ0v) is 16.7. The van der Waals surface area contributed by atoms with Gasteiger partial charge < -0.3 is 14.2 Å². The summed E-state index contributed by atoms with van der Waals surface area (Å²) in [5.74, 6) is 3.53. The summed E-state index contributed by atoms with van der Waals surface area (Å²) >= 11 is 3.84. The van der Waals surface area contributed by atoms with E-state index in [4.69, 9.17) is 14.2 Å². The van der Waals surface area contributed by atoms with Gasteiger partial charge in [0.15, 0.2) is 18.1 Å². The first-order valence-corrected chi connectivity index (χ1v) is 10.5. The molecule has 4 nitrogen and oxygen atoms in total. The van der Waals surface area contributed by atoms with Crippen molar-refractivity contribution in [1.29, 1.82) is 0 Å². The molecule has 1 fully saturated rings. The number of hydrogen-bond acceptors (Lipinski definition) is 6. The normalized spacial score (nSPS) is 14.3. The van der Waals surface area contributed by atoms with Crippen LogP contribution in [0, 0.1) is 13.8 Å². The molecule has 3 rings (SSSR count). The Hall–Kier alpha value is -1.79. The Morgan fingerprint density at radius 3 is 2.58 bits per heavy atom. The van der Waals surface area contributed by atoms with Gasteiger partial charge in [-0.1, -0.05) is 18.2 Å². The summed E-state index contributed by atoms with van der Waals surface area (Å²) in [6.45, 7) is 3.83. The van der Waals surface area contributed by atoms with E-state index < -0.39 is 5.97 Å². The van der Waals surface area contributed by atoms with E-state index in [-0.39, 0.29) is 6.61 Å². The molecule has 0 spiro atoms. The maximum atomic E-state index is 12.2. The second-order valence-electron chi connectivity index (χ2n) is 5.94. The summed E-state index contributed by atoms with van der Waals surface area (Å²) in [4.78, 5) is 12.2. The van der Waals surface area contributed by atoms with Gasteiger partial charge in [-0.25, -0.2) is 4.79 Å². The first kappa shape index (κ1) is 19.0. The van der Waals surface area contributed by atoms with E-state index in [9.17, 15) is 4.79 Å². The number of esters is 1. The molecule has 6 heteroatoms. The summed E-state index contributed by atoms with van der Waals surface area (Å²) < 4.78 is 16.9. The van der Waals surface area contributed by atoms with Gasteiger partial charge in [-0.15, -0.1) is 23.5 Å². The van der Waals surface area contributed by atoms with Crippen molar-refractivity contribution in [3.63, 3.8) is 0 Å². The highest BCUT2D eigenvalue weighted by atomic mass is 32.2. The van der Waals surface area contributed by atoms with Gasteiger partial charge in [-0.2, -0.15) is 0 Å². The highest BCUT2D eigenvalue weighted by Gasteiger charge is 2.20. The maximum absolute atomic E-state index is 12.2. The number of methoxy groups -OCH3 is 1. The second kappa shape index (κ2) is 8.73. The molecule has 0 saturated carbocycles. The van der Waals surface area contributed by atoms with E-state index in [1.807, 2.05) is 67.7 Å². The van der Waals surface area contributed by atoms with Gasteiger partial charge in [0.1, 0.15) is 5.75 Å². The van der Waals surface area contributed by atoms with Crippen LogP contribution < -0.4 is 14.2 Å². The van der Waals surface area contributed by atoms with Crippen LogP contribution in [0.2, 0.25) is 0 Å². The molecule has 1 saturated heterocycles. The predicted octanol–water partition coefficient (Wildman–Crippen LogP) is 4.78. The van der Waals surface area contributed by atoms with Crippen LogP contribution in [0.25, 0.3) is 0 Å². The number of rotatable bonds is 6. The van der Waals surface area contributed by atoms with Gasteiger partial charge in [-0.3, -0.25) is 0 Å². The fraction of sp³-hybridized carbons (Fsp3) is 0.350. The van der Waals surface area contributed by atoms with Gasteiger partial charge in [0.25, 0.3) is 0 Å². The van der Waals surface area contributed by atoms with E-state index in [1.165, 1.54) is 5.56 Å². The third-order valence-electron chi connectivity index (χ3n) is 4.21. The minimum atomic E-state index is -0.457. The zero-order valence-electron chi connectivity index (χ0n) is 15.1. The van der Waals surface area contributed by atoms with Crippen LogP contribution in [0.3, 0.4) is 0 Å². The van der Waals surface area contributed by atoms with Gasteiger partial charge in [0, 0.05) is 11.5 Å². The van der Waals surface area contributed by atoms with Crippen molar-refractivity contribution < 1.29 is 19.0 Å². The lowest BCUT2D eigenvalue weighted by molar-refractivity contribution is -0.136. The molecular weight excluding hydrogens is 368 g/mol. The Bertz CT molecular complexity index is 785. The van der Waals surface area contributed by atoms with Crippen LogP contribution in [0.1, 0.15) is 21.3 Å². The summed E-state index contributed by atoms with van der Waals surface area (Å²) in [7, 11) is 1.58. The number of ether oxygens (including phenoxy) is 3. The molecule has 0 unspecified atom stereocenters. The Morgan fingerprint density at radius 1 is 1.08 bits per heavy atom. The minimum Gasteiger partial charge on any atom is -0.493 e. The molecule has 2 aromatic carbocycles. The Kier molecular flexibility index (Phi) is 6.38. The lowest BCUT2D eigenvalue weighted by Gasteiger charge is -2.14. The smallest absolute Gasteiger partial charge is 0.349 e. The van der Waals surface area contributed by atoms with E-state index in [0.29, 0.717) is 21.8 Å². The van der Waals surface area contributed by atoms with Crippen molar-refractivity contribution in [2.75, 3.05) is 25.2 Å². The molecule has 0 radical (unpaired) electrons. The number of aryl methyl sites for hydroxylation is 1. The van der Waals surface area contributed by atoms with Gasteiger partial charge in [-0.05, 0) is 48.7 Å². The summed E-state index contributed by atoms with van der Waals surface area (Å²) in [6.07, 6.45) is 0. The molecule has 26 heavy (non-hydrogen) atoms. The van der Waals surface area contributed by atoms with Crippen LogP contribution in [0.4, 0.5) is 0 Å². The van der Waals surface area contributed by atoms with Gasteiger partial charge >= 0.3 is 5.97 Å². The van der Waals surface area contributed by atoms with Crippen LogP contribution >= 0.6 is 23.5 Å². The molecule has 0 amide bonds. The lowest BCUT2D eigenvalue weighted by atomic mass is 10.1. The number of carbonyl (C=O) groups excluding carboxylic acids is 1. The molecule has 0 aromatic heterocycles. The number of hydrogen-bond donors (Lipinski definition) is 0. The molecule has 0 N–H and O–H groups in total. The monoisotopic (exact) mass is 390 g/mol. The quantitative estimate of drug-likeness (QED) is 0.523. The first-order chi connectivity index (χ1) is 12.6. The standard InChI is InChI=1S/C20H22O4S2/c1-13-5-4-6-16(14(13)2)23-12-19(21)24-17-8-7-15(11-18(17)22-3)20-25-9-10-26-20/h4-8,11,20H,9-10,12H2,1-3H3. The van der Waals surface area contributed by atoms with E-state index in [0.717, 1.165) is 22.6 Å². The second-order valence-corrected chi connectivity index (χ2v) is 8.67. The van der Waals surface area contributed by atoms with Crippen molar-refractivity contribution in [3.05, 3.63) is 53.1 Å². The number of carbonyl (C=O) groups is 1. The van der Waals surface area contributed by atoms with E-state index in [1.54, 1.807) is 13.2 Å². The third kappa shape index (κ3) is 4.48. The number of benzene rings is 2. The van der Waals surface area contributed by atoms with Crippen LogP contribution in [-0.4, -0.2) is 31.2 Å². The topological polar surface area (TPSA) is 44.8 Å². The fourth-order valence-corrected chi connectivity index (χ4v) is 5.47. The van der Waals surface area contributed by atoms with E-state index >= 15 is 0 Å². The molecule has 1 heterocycles. The summed E-state index contributed by atoms with van der Waals surface area (Å²) in [5.41, 5.74) is 3.32. The van der Waals surface area contributed by atoms with Crippen molar-refractivity contribution >= 4 is 29.5 Å². The summed E-state index contributed by atoms with van der Waals surface area (Å²) in [5, 5.41) is 0. The van der Waals surface area contributed by atoms with Gasteiger partial charge in [0.2, 0.25) is 0 Å². The largest absolute Gasteiger partial charge is 0.493 e. The Balaban J connectivity index is 1.64. The van der Waals surface area contributed by atoms with Gasteiger partial charge in [0.05, 0.1) is 11.7 Å². The lowest BCUT2D eigenvalue weighted by Crippen LogP contribution is -2.18. The molecule has 0 bridgehead atoms. The average Bonchev–Trinajstić information content (AvgIpc) is 3.18. The highest BCUT2D eigenvalue weighted by molar-refractivity contribution is 8.19. The summed E-state index contributed by atoms with van der Waals surface area (Å²) in [6, 6.07) is 11.5. The van der Waals surface area contributed by atoms with Crippen molar-refractivity contribution in [2.45, 2.75) is 18.4 Å².